The van der Waals surface area contributed by atoms with Crippen molar-refractivity contribution in [2.45, 2.75) is 47.0 Å². The van der Waals surface area contributed by atoms with Gasteiger partial charge in [-0.1, -0.05) is 34.1 Å². The molecule has 0 fully saturated rings. The van der Waals surface area contributed by atoms with Crippen LogP contribution in [0.25, 0.3) is 0 Å². The fourth-order valence-corrected chi connectivity index (χ4v) is 2.15. The largest absolute Gasteiger partial charge is 0.315 e. The Balaban J connectivity index is 3.51. The van der Waals surface area contributed by atoms with Crippen molar-refractivity contribution in [1.82, 2.24) is 15.1 Å². The van der Waals surface area contributed by atoms with Crippen LogP contribution in [0, 0.1) is 0 Å². The second-order valence-corrected chi connectivity index (χ2v) is 4.92. The number of hydrogen-bond donors (Lipinski definition) is 1. The van der Waals surface area contributed by atoms with Crippen LogP contribution in [0.1, 0.15) is 47.0 Å². The zero-order valence-corrected chi connectivity index (χ0v) is 13.2. The maximum atomic E-state index is 3.52. The fourth-order valence-electron chi connectivity index (χ4n) is 2.15. The Bertz CT molecular complexity index is 158. The van der Waals surface area contributed by atoms with E-state index in [4.69, 9.17) is 0 Å². The van der Waals surface area contributed by atoms with Gasteiger partial charge >= 0.3 is 0 Å². The molecule has 0 amide bonds. The topological polar surface area (TPSA) is 18.5 Å². The molecule has 0 bridgehead atoms. The highest BCUT2D eigenvalue weighted by atomic mass is 15.1. The van der Waals surface area contributed by atoms with E-state index in [1.165, 1.54) is 65.1 Å². The summed E-state index contributed by atoms with van der Waals surface area (Å²) < 4.78 is 0. The van der Waals surface area contributed by atoms with Crippen molar-refractivity contribution < 1.29 is 0 Å². The minimum atomic E-state index is 1.14. The molecule has 18 heavy (non-hydrogen) atoms. The molecule has 0 aromatic heterocycles. The molecule has 0 heterocycles. The lowest BCUT2D eigenvalue weighted by Crippen LogP contribution is -2.35. The van der Waals surface area contributed by atoms with Crippen LogP contribution in [-0.2, 0) is 0 Å². The van der Waals surface area contributed by atoms with Crippen LogP contribution in [0.3, 0.4) is 0 Å². The van der Waals surface area contributed by atoms with E-state index < -0.39 is 0 Å². The molecular weight excluding hydrogens is 222 g/mol. The van der Waals surface area contributed by atoms with Crippen molar-refractivity contribution in [3.8, 4) is 0 Å². The van der Waals surface area contributed by atoms with Gasteiger partial charge in [-0.05, 0) is 52.1 Å². The fraction of sp³-hybridized carbons (Fsp3) is 1.00. The van der Waals surface area contributed by atoms with Gasteiger partial charge in [0, 0.05) is 13.1 Å². The number of hydrogen-bond acceptors (Lipinski definition) is 3. The third-order valence-corrected chi connectivity index (χ3v) is 3.60. The number of rotatable bonds is 13. The zero-order chi connectivity index (χ0) is 13.6. The Hall–Kier alpha value is -0.120. The summed E-state index contributed by atoms with van der Waals surface area (Å²) in [6.45, 7) is 18.5. The summed E-state index contributed by atoms with van der Waals surface area (Å²) in [5.41, 5.74) is 0. The molecule has 3 nitrogen and oxygen atoms in total. The lowest BCUT2D eigenvalue weighted by molar-refractivity contribution is 0.243. The first kappa shape index (κ1) is 17.9. The summed E-state index contributed by atoms with van der Waals surface area (Å²) >= 11 is 0. The number of nitrogens with one attached hydrogen (secondary N) is 1. The first-order valence-electron chi connectivity index (χ1n) is 7.93. The van der Waals surface area contributed by atoms with E-state index in [1.807, 2.05) is 0 Å². The van der Waals surface area contributed by atoms with Crippen molar-refractivity contribution in [3.63, 3.8) is 0 Å². The summed E-state index contributed by atoms with van der Waals surface area (Å²) in [5.74, 6) is 0. The highest BCUT2D eigenvalue weighted by molar-refractivity contribution is 4.61. The molecule has 110 valence electrons. The molecule has 0 radical (unpaired) electrons. The Kier molecular flexibility index (Phi) is 13.2. The van der Waals surface area contributed by atoms with Gasteiger partial charge in [0.25, 0.3) is 0 Å². The molecule has 0 spiro atoms. The van der Waals surface area contributed by atoms with Crippen LogP contribution in [-0.4, -0.2) is 62.2 Å². The van der Waals surface area contributed by atoms with E-state index in [9.17, 15) is 0 Å². The second kappa shape index (κ2) is 13.3. The van der Waals surface area contributed by atoms with E-state index in [2.05, 4.69) is 42.8 Å². The van der Waals surface area contributed by atoms with Crippen LogP contribution in [0.15, 0.2) is 0 Å². The van der Waals surface area contributed by atoms with Gasteiger partial charge < -0.3 is 15.1 Å². The maximum Gasteiger partial charge on any atom is 0.0107 e. The quantitative estimate of drug-likeness (QED) is 0.511. The van der Waals surface area contributed by atoms with Crippen molar-refractivity contribution in [2.24, 2.45) is 0 Å². The number of nitrogens with zero attached hydrogens (tertiary/aromatic N) is 2. The standard InChI is InChI=1S/C15H35N3/c1-5-9-11-16-12-15-18(8-4)14-10-13-17(6-2)7-3/h16H,5-15H2,1-4H3. The first-order chi connectivity index (χ1) is 8.78. The normalized spacial score (nSPS) is 11.7. The molecule has 0 aliphatic carbocycles. The third kappa shape index (κ3) is 9.86. The average Bonchev–Trinajstić information content (AvgIpc) is 2.41. The molecular formula is C15H35N3. The molecule has 0 aromatic carbocycles. The summed E-state index contributed by atoms with van der Waals surface area (Å²) in [6, 6.07) is 0. The maximum absolute atomic E-state index is 3.52. The predicted molar refractivity (Wildman–Crippen MR) is 82.3 cm³/mol. The van der Waals surface area contributed by atoms with E-state index in [-0.39, 0.29) is 0 Å². The van der Waals surface area contributed by atoms with Crippen LogP contribution < -0.4 is 5.32 Å². The molecule has 0 atom stereocenters. The van der Waals surface area contributed by atoms with Gasteiger partial charge in [-0.3, -0.25) is 0 Å². The molecule has 0 rings (SSSR count). The van der Waals surface area contributed by atoms with Gasteiger partial charge in [0.1, 0.15) is 0 Å². The van der Waals surface area contributed by atoms with Gasteiger partial charge in [-0.25, -0.2) is 0 Å². The average molecular weight is 257 g/mol. The highest BCUT2D eigenvalue weighted by Gasteiger charge is 2.03. The number of unbranched alkanes of at least 4 members (excludes halogenated alkanes) is 1. The monoisotopic (exact) mass is 257 g/mol. The number of likely N-dealkylation sites (N-methyl/N-ethyl adjacent to an activating group) is 1. The summed E-state index contributed by atoms with van der Waals surface area (Å²) in [4.78, 5) is 5.07. The molecule has 3 heteroatoms. The van der Waals surface area contributed by atoms with Gasteiger partial charge in [-0.15, -0.1) is 0 Å². The van der Waals surface area contributed by atoms with E-state index in [1.54, 1.807) is 0 Å². The van der Waals surface area contributed by atoms with Gasteiger partial charge in [0.05, 0.1) is 0 Å². The zero-order valence-electron chi connectivity index (χ0n) is 13.2. The van der Waals surface area contributed by atoms with Gasteiger partial charge in [-0.2, -0.15) is 0 Å². The SMILES string of the molecule is CCCCNCCN(CC)CCCN(CC)CC. The summed E-state index contributed by atoms with van der Waals surface area (Å²) in [5, 5.41) is 3.52. The molecule has 0 aliphatic heterocycles. The Morgan fingerprint density at radius 1 is 0.667 bits per heavy atom. The van der Waals surface area contributed by atoms with Crippen molar-refractivity contribution in [3.05, 3.63) is 0 Å². The summed E-state index contributed by atoms with van der Waals surface area (Å²) in [7, 11) is 0. The molecule has 1 N–H and O–H groups in total. The first-order valence-corrected chi connectivity index (χ1v) is 7.93. The smallest absolute Gasteiger partial charge is 0.0107 e. The minimum absolute atomic E-state index is 1.14. The van der Waals surface area contributed by atoms with Crippen molar-refractivity contribution in [2.75, 3.05) is 52.4 Å². The Morgan fingerprint density at radius 2 is 1.28 bits per heavy atom. The van der Waals surface area contributed by atoms with E-state index in [0.717, 1.165) is 6.54 Å². The summed E-state index contributed by atoms with van der Waals surface area (Å²) in [6.07, 6.45) is 3.88. The van der Waals surface area contributed by atoms with E-state index in [0.29, 0.717) is 0 Å². The predicted octanol–water partition coefficient (Wildman–Crippen LogP) is 2.43. The van der Waals surface area contributed by atoms with Crippen LogP contribution in [0.2, 0.25) is 0 Å². The minimum Gasteiger partial charge on any atom is -0.315 e. The van der Waals surface area contributed by atoms with Crippen LogP contribution in [0.4, 0.5) is 0 Å². The van der Waals surface area contributed by atoms with Crippen molar-refractivity contribution >= 4 is 0 Å². The third-order valence-electron chi connectivity index (χ3n) is 3.60. The Labute approximate surface area is 115 Å². The molecule has 0 saturated heterocycles. The van der Waals surface area contributed by atoms with Gasteiger partial charge in [0.15, 0.2) is 0 Å². The van der Waals surface area contributed by atoms with Crippen LogP contribution >= 0.6 is 0 Å². The van der Waals surface area contributed by atoms with Crippen LogP contribution in [0.5, 0.6) is 0 Å². The Morgan fingerprint density at radius 3 is 1.83 bits per heavy atom. The lowest BCUT2D eigenvalue weighted by atomic mass is 10.3. The highest BCUT2D eigenvalue weighted by Crippen LogP contribution is 1.95. The van der Waals surface area contributed by atoms with E-state index >= 15 is 0 Å². The van der Waals surface area contributed by atoms with Crippen molar-refractivity contribution in [1.29, 1.82) is 0 Å². The molecule has 0 aliphatic rings. The molecule has 0 saturated carbocycles. The molecule has 0 unspecified atom stereocenters. The molecule has 0 aromatic rings. The second-order valence-electron chi connectivity index (χ2n) is 4.92. The lowest BCUT2D eigenvalue weighted by Gasteiger charge is -2.23. The van der Waals surface area contributed by atoms with Gasteiger partial charge in [0.2, 0.25) is 0 Å².